The van der Waals surface area contributed by atoms with Crippen LogP contribution in [0.3, 0.4) is 0 Å². The molecule has 2 aliphatic heterocycles. The minimum atomic E-state index is -2.95. The first kappa shape index (κ1) is 17.5. The lowest BCUT2D eigenvalue weighted by atomic mass is 10.1. The molecule has 0 bridgehead atoms. The molecule has 0 amide bonds. The molecular weight excluding hydrogens is 352 g/mol. The van der Waals surface area contributed by atoms with Crippen LogP contribution >= 0.6 is 0 Å². The van der Waals surface area contributed by atoms with Crippen LogP contribution in [0, 0.1) is 0 Å². The maximum Gasteiger partial charge on any atom is 0.153 e. The molecule has 140 valence electrons. The number of para-hydroxylation sites is 2. The van der Waals surface area contributed by atoms with Crippen LogP contribution in [0.5, 0.6) is 5.75 Å². The number of hydrogen-bond acceptors (Lipinski definition) is 6. The standard InChI is InChI=1S/C18H24N4O3S/c1-20-7-8-21(17-13-26(23,24)12-16(17)20)10-14-9-19-22(11-14)15-5-3-4-6-18(15)25-2/h3-6,9,11,16-17H,7-8,10,12-13H2,1-2H3/t16-,17+/m0/s1. The number of piperazine rings is 1. The highest BCUT2D eigenvalue weighted by molar-refractivity contribution is 7.91. The molecule has 2 aromatic rings. The van der Waals surface area contributed by atoms with Gasteiger partial charge in [-0.1, -0.05) is 12.1 Å². The lowest BCUT2D eigenvalue weighted by molar-refractivity contribution is 0.0573. The molecule has 26 heavy (non-hydrogen) atoms. The van der Waals surface area contributed by atoms with E-state index in [2.05, 4.69) is 14.9 Å². The van der Waals surface area contributed by atoms with Gasteiger partial charge < -0.3 is 4.74 Å². The Hall–Kier alpha value is -1.90. The van der Waals surface area contributed by atoms with Crippen molar-refractivity contribution in [3.63, 3.8) is 0 Å². The second-order valence-corrected chi connectivity index (χ2v) is 9.28. The molecule has 0 N–H and O–H groups in total. The van der Waals surface area contributed by atoms with Crippen molar-refractivity contribution in [3.8, 4) is 11.4 Å². The molecule has 2 saturated heterocycles. The molecule has 2 fully saturated rings. The molecule has 0 aliphatic carbocycles. The third kappa shape index (κ3) is 3.24. The fraction of sp³-hybridized carbons (Fsp3) is 0.500. The van der Waals surface area contributed by atoms with E-state index in [0.29, 0.717) is 6.54 Å². The zero-order valence-corrected chi connectivity index (χ0v) is 15.9. The number of fused-ring (bicyclic) bond motifs is 1. The second kappa shape index (κ2) is 6.68. The van der Waals surface area contributed by atoms with Crippen molar-refractivity contribution in [1.82, 2.24) is 19.6 Å². The van der Waals surface area contributed by atoms with E-state index in [1.807, 2.05) is 48.4 Å². The number of nitrogens with zero attached hydrogens (tertiary/aromatic N) is 4. The third-order valence-corrected chi connectivity index (χ3v) is 7.12. The van der Waals surface area contributed by atoms with Gasteiger partial charge in [-0.2, -0.15) is 5.10 Å². The van der Waals surface area contributed by atoms with Gasteiger partial charge in [-0.05, 0) is 19.2 Å². The number of likely N-dealkylation sites (N-methyl/N-ethyl adjacent to an activating group) is 1. The maximum atomic E-state index is 12.1. The number of benzene rings is 1. The molecule has 3 heterocycles. The largest absolute Gasteiger partial charge is 0.494 e. The Balaban J connectivity index is 1.54. The Morgan fingerprint density at radius 2 is 1.96 bits per heavy atom. The first-order valence-electron chi connectivity index (χ1n) is 8.78. The molecule has 4 rings (SSSR count). The van der Waals surface area contributed by atoms with Crippen LogP contribution in [0.4, 0.5) is 0 Å². The highest BCUT2D eigenvalue weighted by atomic mass is 32.2. The molecule has 2 atom stereocenters. The summed E-state index contributed by atoms with van der Waals surface area (Å²) in [6.07, 6.45) is 3.85. The van der Waals surface area contributed by atoms with Crippen molar-refractivity contribution in [3.05, 3.63) is 42.2 Å². The molecule has 2 aliphatic rings. The van der Waals surface area contributed by atoms with Gasteiger partial charge in [0.15, 0.2) is 9.84 Å². The van der Waals surface area contributed by atoms with Crippen molar-refractivity contribution in [2.75, 3.05) is 38.8 Å². The summed E-state index contributed by atoms with van der Waals surface area (Å²) in [5.41, 5.74) is 1.96. The van der Waals surface area contributed by atoms with E-state index in [0.717, 1.165) is 30.1 Å². The van der Waals surface area contributed by atoms with Crippen LogP contribution in [0.25, 0.3) is 5.69 Å². The summed E-state index contributed by atoms with van der Waals surface area (Å²) in [5, 5.41) is 4.47. The Morgan fingerprint density at radius 1 is 1.19 bits per heavy atom. The van der Waals surface area contributed by atoms with Crippen LogP contribution < -0.4 is 4.74 Å². The Kier molecular flexibility index (Phi) is 4.50. The van der Waals surface area contributed by atoms with Crippen LogP contribution in [0.2, 0.25) is 0 Å². The molecule has 0 radical (unpaired) electrons. The van der Waals surface area contributed by atoms with Crippen LogP contribution in [-0.4, -0.2) is 78.8 Å². The van der Waals surface area contributed by atoms with E-state index in [4.69, 9.17) is 4.74 Å². The molecule has 0 saturated carbocycles. The van der Waals surface area contributed by atoms with Gasteiger partial charge in [0.25, 0.3) is 0 Å². The number of aromatic nitrogens is 2. The zero-order valence-electron chi connectivity index (χ0n) is 15.1. The van der Waals surface area contributed by atoms with Gasteiger partial charge >= 0.3 is 0 Å². The molecule has 0 unspecified atom stereocenters. The van der Waals surface area contributed by atoms with Crippen molar-refractivity contribution >= 4 is 9.84 Å². The Labute approximate surface area is 154 Å². The summed E-state index contributed by atoms with van der Waals surface area (Å²) in [7, 11) is 0.716. The predicted molar refractivity (Wildman–Crippen MR) is 99.4 cm³/mol. The number of ether oxygens (including phenoxy) is 1. The number of rotatable bonds is 4. The quantitative estimate of drug-likeness (QED) is 0.786. The van der Waals surface area contributed by atoms with Gasteiger partial charge in [0.05, 0.1) is 24.8 Å². The predicted octanol–water partition coefficient (Wildman–Crippen LogP) is 0.794. The first-order valence-corrected chi connectivity index (χ1v) is 10.6. The van der Waals surface area contributed by atoms with Gasteiger partial charge in [-0.25, -0.2) is 13.1 Å². The van der Waals surface area contributed by atoms with Crippen molar-refractivity contribution in [2.24, 2.45) is 0 Å². The third-order valence-electron chi connectivity index (χ3n) is 5.42. The molecule has 8 heteroatoms. The van der Waals surface area contributed by atoms with Crippen LogP contribution in [0.1, 0.15) is 5.56 Å². The van der Waals surface area contributed by atoms with Crippen LogP contribution in [0.15, 0.2) is 36.7 Å². The number of hydrogen-bond donors (Lipinski definition) is 0. The maximum absolute atomic E-state index is 12.1. The number of sulfone groups is 1. The van der Waals surface area contributed by atoms with Crippen molar-refractivity contribution in [1.29, 1.82) is 0 Å². The fourth-order valence-electron chi connectivity index (χ4n) is 4.02. The minimum Gasteiger partial charge on any atom is -0.494 e. The molecule has 0 spiro atoms. The highest BCUT2D eigenvalue weighted by Crippen LogP contribution is 2.28. The topological polar surface area (TPSA) is 67.7 Å². The van der Waals surface area contributed by atoms with Gasteiger partial charge in [0.1, 0.15) is 11.4 Å². The molecule has 1 aromatic heterocycles. The summed E-state index contributed by atoms with van der Waals surface area (Å²) in [5.74, 6) is 1.29. The second-order valence-electron chi connectivity index (χ2n) is 7.13. The SMILES string of the molecule is COc1ccccc1-n1cc(CN2CCN(C)[C@H]3CS(=O)(=O)C[C@H]32)cn1. The summed E-state index contributed by atoms with van der Waals surface area (Å²) in [6.45, 7) is 2.46. The van der Waals surface area contributed by atoms with Gasteiger partial charge in [-0.15, -0.1) is 0 Å². The summed E-state index contributed by atoms with van der Waals surface area (Å²) >= 11 is 0. The first-order chi connectivity index (χ1) is 12.5. The van der Waals surface area contributed by atoms with E-state index < -0.39 is 9.84 Å². The molecule has 7 nitrogen and oxygen atoms in total. The van der Waals surface area contributed by atoms with E-state index in [1.54, 1.807) is 7.11 Å². The lowest BCUT2D eigenvalue weighted by Crippen LogP contribution is -2.57. The molecular formula is C18H24N4O3S. The van der Waals surface area contributed by atoms with E-state index in [-0.39, 0.29) is 23.6 Å². The summed E-state index contributed by atoms with van der Waals surface area (Å²) in [4.78, 5) is 4.47. The molecule has 1 aromatic carbocycles. The number of methoxy groups -OCH3 is 1. The van der Waals surface area contributed by atoms with Gasteiger partial charge in [0, 0.05) is 43.5 Å². The average Bonchev–Trinajstić information content (AvgIpc) is 3.21. The smallest absolute Gasteiger partial charge is 0.153 e. The summed E-state index contributed by atoms with van der Waals surface area (Å²) in [6, 6.07) is 7.91. The monoisotopic (exact) mass is 376 g/mol. The fourth-order valence-corrected chi connectivity index (χ4v) is 6.11. The van der Waals surface area contributed by atoms with Crippen molar-refractivity contribution < 1.29 is 13.2 Å². The Morgan fingerprint density at radius 3 is 2.77 bits per heavy atom. The van der Waals surface area contributed by atoms with Crippen molar-refractivity contribution in [2.45, 2.75) is 18.6 Å². The van der Waals surface area contributed by atoms with Gasteiger partial charge in [-0.3, -0.25) is 9.80 Å². The van der Waals surface area contributed by atoms with E-state index >= 15 is 0 Å². The van der Waals surface area contributed by atoms with Gasteiger partial charge in [0.2, 0.25) is 0 Å². The average molecular weight is 376 g/mol. The minimum absolute atomic E-state index is 0.0633. The van der Waals surface area contributed by atoms with E-state index in [1.165, 1.54) is 0 Å². The lowest BCUT2D eigenvalue weighted by Gasteiger charge is -2.42. The highest BCUT2D eigenvalue weighted by Gasteiger charge is 2.45. The summed E-state index contributed by atoms with van der Waals surface area (Å²) < 4.78 is 31.5. The van der Waals surface area contributed by atoms with E-state index in [9.17, 15) is 8.42 Å². The Bertz CT molecular complexity index is 895. The zero-order chi connectivity index (χ0) is 18.3. The van der Waals surface area contributed by atoms with Crippen LogP contribution in [-0.2, 0) is 16.4 Å². The normalized spacial score (nSPS) is 25.9.